The molecule has 20 heavy (non-hydrogen) atoms. The lowest BCUT2D eigenvalue weighted by Gasteiger charge is -2.22. The van der Waals surface area contributed by atoms with Crippen molar-refractivity contribution < 1.29 is 0 Å². The van der Waals surface area contributed by atoms with Crippen LogP contribution in [0.4, 0.5) is 0 Å². The first-order chi connectivity index (χ1) is 9.76. The molecule has 2 atom stereocenters. The van der Waals surface area contributed by atoms with E-state index in [-0.39, 0.29) is 0 Å². The third-order valence-electron chi connectivity index (χ3n) is 3.98. The minimum Gasteiger partial charge on any atom is -0.127 e. The molecule has 0 bridgehead atoms. The van der Waals surface area contributed by atoms with E-state index < -0.39 is 0 Å². The van der Waals surface area contributed by atoms with Gasteiger partial charge in [0.1, 0.15) is 0 Å². The fourth-order valence-electron chi connectivity index (χ4n) is 2.75. The summed E-state index contributed by atoms with van der Waals surface area (Å²) in [6, 6.07) is 19.6. The van der Waals surface area contributed by atoms with Crippen LogP contribution in [0.3, 0.4) is 0 Å². The van der Waals surface area contributed by atoms with Crippen molar-refractivity contribution in [1.82, 2.24) is 0 Å². The summed E-state index contributed by atoms with van der Waals surface area (Å²) in [6.07, 6.45) is 2.46. The van der Waals surface area contributed by atoms with E-state index in [2.05, 4.69) is 61.5 Å². The predicted molar refractivity (Wildman–Crippen MR) is 93.9 cm³/mol. The van der Waals surface area contributed by atoms with Crippen molar-refractivity contribution in [3.8, 4) is 11.1 Å². The summed E-state index contributed by atoms with van der Waals surface area (Å²) >= 11 is 6.09. The van der Waals surface area contributed by atoms with Gasteiger partial charge in [-0.3, -0.25) is 0 Å². The van der Waals surface area contributed by atoms with Crippen LogP contribution in [0.5, 0.6) is 0 Å². The molecule has 0 aliphatic heterocycles. The van der Waals surface area contributed by atoms with Crippen molar-refractivity contribution in [3.05, 3.63) is 60.2 Å². The molecule has 2 aromatic carbocycles. The van der Waals surface area contributed by atoms with Crippen LogP contribution in [0.2, 0.25) is 5.54 Å². The van der Waals surface area contributed by atoms with Crippen LogP contribution in [-0.2, 0) is 0 Å². The van der Waals surface area contributed by atoms with Crippen LogP contribution < -0.4 is 0 Å². The predicted octanol–water partition coefficient (Wildman–Crippen LogP) is 4.63. The highest BCUT2D eigenvalue weighted by molar-refractivity contribution is 6.24. The number of hydrogen-bond acceptors (Lipinski definition) is 0. The molecule has 2 rings (SSSR count). The Kier molecular flexibility index (Phi) is 5.87. The molecule has 2 heteroatoms. The first kappa shape index (κ1) is 15.3. The van der Waals surface area contributed by atoms with Crippen LogP contribution in [-0.4, -0.2) is 16.1 Å². The molecule has 0 spiro atoms. The summed E-state index contributed by atoms with van der Waals surface area (Å²) in [5, 5.41) is 0. The normalized spacial score (nSPS) is 14.1. The summed E-state index contributed by atoms with van der Waals surface area (Å²) in [4.78, 5) is 0. The Bertz CT molecular complexity index is 507. The van der Waals surface area contributed by atoms with Crippen molar-refractivity contribution in [2.45, 2.75) is 31.2 Å². The molecule has 0 aliphatic carbocycles. The van der Waals surface area contributed by atoms with Crippen LogP contribution in [0.15, 0.2) is 54.6 Å². The lowest BCUT2D eigenvalue weighted by molar-refractivity contribution is 0.598. The zero-order valence-electron chi connectivity index (χ0n) is 12.4. The molecule has 0 aliphatic rings. The molecule has 0 N–H and O–H groups in total. The van der Waals surface area contributed by atoms with Gasteiger partial charge < -0.3 is 0 Å². The van der Waals surface area contributed by atoms with Crippen molar-refractivity contribution in [2.75, 3.05) is 5.88 Å². The quantitative estimate of drug-likeness (QED) is 0.539. The highest BCUT2D eigenvalue weighted by Crippen LogP contribution is 2.33. The monoisotopic (exact) mass is 302 g/mol. The summed E-state index contributed by atoms with van der Waals surface area (Å²) < 4.78 is 0. The average molecular weight is 303 g/mol. The topological polar surface area (TPSA) is 0 Å². The van der Waals surface area contributed by atoms with E-state index in [0.717, 1.165) is 16.1 Å². The molecule has 0 radical (unpaired) electrons. The van der Waals surface area contributed by atoms with Crippen molar-refractivity contribution in [1.29, 1.82) is 0 Å². The van der Waals surface area contributed by atoms with Gasteiger partial charge in [0.15, 0.2) is 0 Å². The Morgan fingerprint density at radius 1 is 0.950 bits per heavy atom. The zero-order valence-corrected chi connectivity index (χ0v) is 15.1. The third-order valence-corrected chi connectivity index (χ3v) is 6.19. The van der Waals surface area contributed by atoms with Gasteiger partial charge in [0.2, 0.25) is 0 Å². The number of hydrogen-bond donors (Lipinski definition) is 0. The lowest BCUT2D eigenvalue weighted by Crippen LogP contribution is -2.09. The molecule has 0 amide bonds. The molecule has 0 fully saturated rings. The van der Waals surface area contributed by atoms with Gasteiger partial charge >= 0.3 is 0 Å². The van der Waals surface area contributed by atoms with Crippen LogP contribution in [0.25, 0.3) is 11.1 Å². The van der Waals surface area contributed by atoms with E-state index >= 15 is 0 Å². The van der Waals surface area contributed by atoms with Crippen molar-refractivity contribution >= 4 is 21.8 Å². The van der Waals surface area contributed by atoms with E-state index in [1.165, 1.54) is 29.5 Å². The smallest absolute Gasteiger partial charge is 0.0225 e. The number of benzene rings is 2. The van der Waals surface area contributed by atoms with Gasteiger partial charge in [-0.1, -0.05) is 67.9 Å². The van der Waals surface area contributed by atoms with Crippen molar-refractivity contribution in [2.24, 2.45) is 0 Å². The Balaban J connectivity index is 2.22. The summed E-state index contributed by atoms with van der Waals surface area (Å²) in [5.41, 5.74) is 4.69. The molecule has 0 aromatic heterocycles. The second-order valence-corrected chi connectivity index (χ2v) is 7.31. The van der Waals surface area contributed by atoms with Gasteiger partial charge in [0.05, 0.1) is 0 Å². The molecule has 0 heterocycles. The number of alkyl halides is 1. The third kappa shape index (κ3) is 3.74. The summed E-state index contributed by atoms with van der Waals surface area (Å²) in [5.74, 6) is 1.42. The van der Waals surface area contributed by atoms with Gasteiger partial charge in [-0.15, -0.1) is 11.6 Å². The standard InChI is InChI=1S/C18H23ClSi/c1-2-6-17(18(20)13-19)16-11-9-15(10-12-16)14-7-4-3-5-8-14/h3-5,7-12,17-18H,2,6,13H2,1,20H3. The second-order valence-electron chi connectivity index (χ2n) is 5.51. The van der Waals surface area contributed by atoms with Gasteiger partial charge in [0.25, 0.3) is 0 Å². The van der Waals surface area contributed by atoms with E-state index in [9.17, 15) is 0 Å². The van der Waals surface area contributed by atoms with Gasteiger partial charge in [-0.25, -0.2) is 0 Å². The Morgan fingerprint density at radius 2 is 1.55 bits per heavy atom. The van der Waals surface area contributed by atoms with E-state index in [0.29, 0.717) is 11.5 Å². The summed E-state index contributed by atoms with van der Waals surface area (Å²) in [7, 11) is 1.16. The summed E-state index contributed by atoms with van der Waals surface area (Å²) in [6.45, 7) is 2.26. The highest BCUT2D eigenvalue weighted by Gasteiger charge is 2.17. The van der Waals surface area contributed by atoms with Gasteiger partial charge in [-0.05, 0) is 34.6 Å². The first-order valence-electron chi connectivity index (χ1n) is 7.47. The molecule has 0 nitrogen and oxygen atoms in total. The van der Waals surface area contributed by atoms with Crippen molar-refractivity contribution in [3.63, 3.8) is 0 Å². The molecular weight excluding hydrogens is 280 g/mol. The minimum atomic E-state index is 0.633. The fourth-order valence-corrected chi connectivity index (χ4v) is 3.68. The van der Waals surface area contributed by atoms with E-state index in [1.807, 2.05) is 0 Å². The second kappa shape index (κ2) is 7.66. The number of halogens is 1. The number of rotatable bonds is 6. The Morgan fingerprint density at radius 3 is 2.10 bits per heavy atom. The molecule has 106 valence electrons. The van der Waals surface area contributed by atoms with Crippen LogP contribution in [0.1, 0.15) is 31.2 Å². The maximum absolute atomic E-state index is 6.09. The zero-order chi connectivity index (χ0) is 14.4. The lowest BCUT2D eigenvalue weighted by atomic mass is 9.90. The maximum Gasteiger partial charge on any atom is 0.0225 e. The fraction of sp³-hybridized carbons (Fsp3) is 0.333. The largest absolute Gasteiger partial charge is 0.127 e. The SMILES string of the molecule is CCCC(c1ccc(-c2ccccc2)cc1)C([SiH3])CCl. The van der Waals surface area contributed by atoms with E-state index in [1.54, 1.807) is 0 Å². The highest BCUT2D eigenvalue weighted by atomic mass is 35.5. The maximum atomic E-state index is 6.09. The molecule has 2 aromatic rings. The van der Waals surface area contributed by atoms with Crippen LogP contribution >= 0.6 is 11.6 Å². The van der Waals surface area contributed by atoms with E-state index in [4.69, 9.17) is 11.6 Å². The molecular formula is C18H23ClSi. The van der Waals surface area contributed by atoms with Gasteiger partial charge in [0, 0.05) is 16.1 Å². The minimum absolute atomic E-state index is 0.633. The average Bonchev–Trinajstić information content (AvgIpc) is 2.53. The molecule has 0 saturated carbocycles. The molecule has 0 saturated heterocycles. The molecule has 2 unspecified atom stereocenters. The van der Waals surface area contributed by atoms with Gasteiger partial charge in [-0.2, -0.15) is 0 Å². The Hall–Kier alpha value is -1.05. The first-order valence-corrected chi connectivity index (χ1v) is 9.16. The van der Waals surface area contributed by atoms with Crippen LogP contribution in [0, 0.1) is 0 Å². The Labute approximate surface area is 130 Å².